The standard InChI is InChI=1S/C20H13F2N3O7/c1-10-16(18(26)31-2)17(11-7-8-12(21)13(22)9-11)24(19(27)23-10)20(28)32-15-6-4-3-5-14(15)25(29)30/h3-9H,1-2H3. The number of hydrogen-bond donors (Lipinski definition) is 0. The second-order valence-electron chi connectivity index (χ2n) is 6.25. The first-order chi connectivity index (χ1) is 15.1. The number of nitrogens with zero attached hydrogens (tertiary/aromatic N) is 3. The molecule has 12 heteroatoms. The van der Waals surface area contributed by atoms with Crippen molar-refractivity contribution in [1.82, 2.24) is 9.55 Å². The van der Waals surface area contributed by atoms with Crippen LogP contribution in [0, 0.1) is 28.7 Å². The Morgan fingerprint density at radius 3 is 2.44 bits per heavy atom. The van der Waals surface area contributed by atoms with E-state index in [9.17, 15) is 33.3 Å². The number of hydrogen-bond acceptors (Lipinski definition) is 8. The fourth-order valence-electron chi connectivity index (χ4n) is 2.89. The lowest BCUT2D eigenvalue weighted by atomic mass is 10.0. The monoisotopic (exact) mass is 445 g/mol. The van der Waals surface area contributed by atoms with Gasteiger partial charge in [-0.15, -0.1) is 0 Å². The van der Waals surface area contributed by atoms with E-state index in [1.54, 1.807) is 0 Å². The van der Waals surface area contributed by atoms with E-state index in [1.807, 2.05) is 0 Å². The molecule has 0 radical (unpaired) electrons. The molecule has 0 aliphatic heterocycles. The van der Waals surface area contributed by atoms with Crippen molar-refractivity contribution < 1.29 is 32.8 Å². The smallest absolute Gasteiger partial charge is 0.428 e. The topological polar surface area (TPSA) is 131 Å². The molecule has 164 valence electrons. The van der Waals surface area contributed by atoms with Crippen LogP contribution in [-0.2, 0) is 4.74 Å². The van der Waals surface area contributed by atoms with Crippen LogP contribution in [0.3, 0.4) is 0 Å². The van der Waals surface area contributed by atoms with Gasteiger partial charge in [-0.25, -0.2) is 23.2 Å². The molecular weight excluding hydrogens is 432 g/mol. The molecule has 0 saturated carbocycles. The van der Waals surface area contributed by atoms with Crippen LogP contribution in [0.1, 0.15) is 16.1 Å². The van der Waals surface area contributed by atoms with Crippen LogP contribution >= 0.6 is 0 Å². The second kappa shape index (κ2) is 8.71. The number of esters is 1. The molecule has 0 bridgehead atoms. The first-order valence-corrected chi connectivity index (χ1v) is 8.78. The van der Waals surface area contributed by atoms with Gasteiger partial charge in [-0.1, -0.05) is 12.1 Å². The summed E-state index contributed by atoms with van der Waals surface area (Å²) in [4.78, 5) is 51.8. The van der Waals surface area contributed by atoms with E-state index in [0.29, 0.717) is 6.07 Å². The molecule has 0 spiro atoms. The van der Waals surface area contributed by atoms with E-state index < -0.39 is 57.0 Å². The minimum atomic E-state index is -1.47. The first-order valence-electron chi connectivity index (χ1n) is 8.78. The van der Waals surface area contributed by atoms with E-state index in [2.05, 4.69) is 9.72 Å². The van der Waals surface area contributed by atoms with E-state index in [1.165, 1.54) is 19.1 Å². The van der Waals surface area contributed by atoms with Crippen molar-refractivity contribution in [3.63, 3.8) is 0 Å². The Hall–Kier alpha value is -4.48. The molecule has 2 aromatic carbocycles. The molecule has 0 atom stereocenters. The number of methoxy groups -OCH3 is 1. The van der Waals surface area contributed by atoms with Crippen LogP contribution in [0.15, 0.2) is 47.3 Å². The highest BCUT2D eigenvalue weighted by Gasteiger charge is 2.28. The molecule has 0 fully saturated rings. The lowest BCUT2D eigenvalue weighted by Gasteiger charge is -2.16. The van der Waals surface area contributed by atoms with Gasteiger partial charge in [0.15, 0.2) is 11.6 Å². The number of nitro groups is 1. The number of aryl methyl sites for hydroxylation is 1. The van der Waals surface area contributed by atoms with Crippen molar-refractivity contribution in [2.75, 3.05) is 7.11 Å². The van der Waals surface area contributed by atoms with E-state index in [-0.39, 0.29) is 15.8 Å². The predicted octanol–water partition coefficient (Wildman–Crippen LogP) is 3.24. The normalized spacial score (nSPS) is 10.5. The van der Waals surface area contributed by atoms with Crippen molar-refractivity contribution in [3.05, 3.63) is 86.0 Å². The molecule has 10 nitrogen and oxygen atoms in total. The minimum Gasteiger partial charge on any atom is -0.465 e. The zero-order valence-corrected chi connectivity index (χ0v) is 16.5. The Morgan fingerprint density at radius 2 is 1.81 bits per heavy atom. The molecule has 0 unspecified atom stereocenters. The average Bonchev–Trinajstić information content (AvgIpc) is 2.74. The largest absolute Gasteiger partial charge is 0.465 e. The molecule has 3 rings (SSSR count). The Labute approximate surface area is 177 Å². The second-order valence-corrected chi connectivity index (χ2v) is 6.25. The Balaban J connectivity index is 2.29. The highest BCUT2D eigenvalue weighted by Crippen LogP contribution is 2.29. The summed E-state index contributed by atoms with van der Waals surface area (Å²) in [7, 11) is 1.03. The van der Waals surface area contributed by atoms with Gasteiger partial charge in [-0.05, 0) is 31.2 Å². The maximum Gasteiger partial charge on any atom is 0.428 e. The first kappa shape index (κ1) is 22.2. The third-order valence-corrected chi connectivity index (χ3v) is 4.30. The fraction of sp³-hybridized carbons (Fsp3) is 0.100. The van der Waals surface area contributed by atoms with E-state index in [4.69, 9.17) is 4.74 Å². The van der Waals surface area contributed by atoms with Crippen LogP contribution in [0.4, 0.5) is 19.3 Å². The van der Waals surface area contributed by atoms with Crippen molar-refractivity contribution in [3.8, 4) is 17.0 Å². The molecule has 32 heavy (non-hydrogen) atoms. The Morgan fingerprint density at radius 1 is 1.12 bits per heavy atom. The number of aromatic nitrogens is 2. The number of benzene rings is 2. The number of carbonyl (C=O) groups excluding carboxylic acids is 2. The van der Waals surface area contributed by atoms with Gasteiger partial charge < -0.3 is 9.47 Å². The highest BCUT2D eigenvalue weighted by atomic mass is 19.2. The molecule has 0 saturated heterocycles. The molecule has 0 aliphatic rings. The predicted molar refractivity (Wildman–Crippen MR) is 104 cm³/mol. The van der Waals surface area contributed by atoms with Gasteiger partial charge in [0.05, 0.1) is 23.4 Å². The van der Waals surface area contributed by atoms with Crippen molar-refractivity contribution in [1.29, 1.82) is 0 Å². The van der Waals surface area contributed by atoms with Gasteiger partial charge in [0, 0.05) is 11.6 Å². The van der Waals surface area contributed by atoms with E-state index in [0.717, 1.165) is 31.4 Å². The zero-order chi connectivity index (χ0) is 23.6. The molecular formula is C20H13F2N3O7. The van der Waals surface area contributed by atoms with Crippen LogP contribution in [0.5, 0.6) is 5.75 Å². The molecule has 0 amide bonds. The third kappa shape index (κ3) is 4.05. The van der Waals surface area contributed by atoms with Gasteiger partial charge >= 0.3 is 23.4 Å². The zero-order valence-electron chi connectivity index (χ0n) is 16.5. The number of ether oxygens (including phenoxy) is 2. The van der Waals surface area contributed by atoms with Crippen LogP contribution in [0.2, 0.25) is 0 Å². The van der Waals surface area contributed by atoms with Gasteiger partial charge in [0.2, 0.25) is 5.75 Å². The quantitative estimate of drug-likeness (QED) is 0.340. The number of nitro benzene ring substituents is 1. The minimum absolute atomic E-state index is 0.156. The fourth-order valence-corrected chi connectivity index (χ4v) is 2.89. The Bertz CT molecular complexity index is 1320. The Kier molecular flexibility index (Phi) is 6.05. The number of halogens is 2. The number of para-hydroxylation sites is 2. The van der Waals surface area contributed by atoms with Crippen molar-refractivity contribution in [2.24, 2.45) is 0 Å². The summed E-state index contributed by atoms with van der Waals surface area (Å²) in [6.07, 6.45) is -1.47. The average molecular weight is 445 g/mol. The van der Waals surface area contributed by atoms with Crippen LogP contribution in [0.25, 0.3) is 11.3 Å². The summed E-state index contributed by atoms with van der Waals surface area (Å²) in [5.74, 6) is -4.05. The lowest BCUT2D eigenvalue weighted by molar-refractivity contribution is -0.385. The molecule has 1 heterocycles. The van der Waals surface area contributed by atoms with E-state index >= 15 is 0 Å². The van der Waals surface area contributed by atoms with Crippen molar-refractivity contribution in [2.45, 2.75) is 6.92 Å². The summed E-state index contributed by atoms with van der Waals surface area (Å²) in [5, 5.41) is 11.2. The number of carbonyl (C=O) groups is 2. The summed E-state index contributed by atoms with van der Waals surface area (Å²) >= 11 is 0. The SMILES string of the molecule is COC(=O)c1c(C)nc(=O)n(C(=O)Oc2ccccc2[N+](=O)[O-])c1-c1ccc(F)c(F)c1. The van der Waals surface area contributed by atoms with Gasteiger partial charge in [0.25, 0.3) is 0 Å². The van der Waals surface area contributed by atoms with Crippen LogP contribution in [-0.4, -0.2) is 33.6 Å². The van der Waals surface area contributed by atoms with Gasteiger partial charge in [-0.2, -0.15) is 9.55 Å². The van der Waals surface area contributed by atoms with Gasteiger partial charge in [-0.3, -0.25) is 10.1 Å². The van der Waals surface area contributed by atoms with Crippen LogP contribution < -0.4 is 10.4 Å². The molecule has 1 aromatic heterocycles. The molecule has 3 aromatic rings. The maximum atomic E-state index is 13.9. The molecule has 0 N–H and O–H groups in total. The van der Waals surface area contributed by atoms with Crippen molar-refractivity contribution >= 4 is 17.7 Å². The lowest BCUT2D eigenvalue weighted by Crippen LogP contribution is -2.35. The van der Waals surface area contributed by atoms with Gasteiger partial charge in [0.1, 0.15) is 5.56 Å². The summed E-state index contributed by atoms with van der Waals surface area (Å²) in [6.45, 7) is 1.27. The number of rotatable bonds is 4. The summed E-state index contributed by atoms with van der Waals surface area (Å²) in [6, 6.07) is 7.26. The third-order valence-electron chi connectivity index (χ3n) is 4.30. The summed E-state index contributed by atoms with van der Waals surface area (Å²) < 4.78 is 37.4. The maximum absolute atomic E-state index is 13.9. The summed E-state index contributed by atoms with van der Waals surface area (Å²) in [5.41, 5.74) is -3.08. The molecule has 0 aliphatic carbocycles. The highest BCUT2D eigenvalue weighted by molar-refractivity contribution is 5.99.